The summed E-state index contributed by atoms with van der Waals surface area (Å²) in [5.74, 6) is 0. The van der Waals surface area contributed by atoms with Gasteiger partial charge >= 0.3 is 0 Å². The highest BCUT2D eigenvalue weighted by molar-refractivity contribution is 6.11. The molecule has 10 rings (SSSR count). The number of aromatic nitrogens is 3. The minimum Gasteiger partial charge on any atom is -0.309 e. The van der Waals surface area contributed by atoms with Crippen molar-refractivity contribution in [2.45, 2.75) is 0 Å². The van der Waals surface area contributed by atoms with Crippen molar-refractivity contribution in [2.75, 3.05) is 0 Å². The van der Waals surface area contributed by atoms with Gasteiger partial charge in [0.15, 0.2) is 0 Å². The average Bonchev–Trinajstić information content (AvgIpc) is 3.69. The van der Waals surface area contributed by atoms with Crippen molar-refractivity contribution in [1.82, 2.24) is 13.5 Å². The van der Waals surface area contributed by atoms with Gasteiger partial charge < -0.3 is 4.57 Å². The van der Waals surface area contributed by atoms with E-state index in [-0.39, 0.29) is 5.56 Å². The van der Waals surface area contributed by atoms with Gasteiger partial charge in [0, 0.05) is 27.4 Å². The number of hydrogen-bond acceptors (Lipinski definition) is 1. The van der Waals surface area contributed by atoms with Gasteiger partial charge in [-0.2, -0.15) is 0 Å². The van der Waals surface area contributed by atoms with Crippen LogP contribution in [0.1, 0.15) is 0 Å². The molecule has 0 amide bonds. The third-order valence-electron chi connectivity index (χ3n) is 9.85. The molecule has 0 N–H and O–H groups in total. The minimum absolute atomic E-state index is 0.0297. The topological polar surface area (TPSA) is 31.3 Å². The number of fused-ring (bicyclic) bond motifs is 8. The predicted molar refractivity (Wildman–Crippen MR) is 203 cm³/mol. The Labute approximate surface area is 282 Å². The number of benzene rings is 7. The quantitative estimate of drug-likeness (QED) is 0.191. The van der Waals surface area contributed by atoms with Crippen molar-refractivity contribution in [3.05, 3.63) is 186 Å². The molecular weight excluding hydrogens is 599 g/mol. The summed E-state index contributed by atoms with van der Waals surface area (Å²) < 4.78 is 6.47. The summed E-state index contributed by atoms with van der Waals surface area (Å²) >= 11 is 0. The Balaban J connectivity index is 1.19. The van der Waals surface area contributed by atoms with Crippen LogP contribution in [-0.2, 0) is 0 Å². The Morgan fingerprint density at radius 1 is 0.347 bits per heavy atom. The van der Waals surface area contributed by atoms with E-state index in [4.69, 9.17) is 0 Å². The standard InChI is InChI=1S/C45H29N3O/c49-45-37-19-9-12-22-41(37)48-40-21-11-8-18-36(40)43(44(48)47(45)34-15-5-2-6-16-34)31-25-23-30(24-26-31)32-27-28-42-38(29-32)35-17-7-10-20-39(35)46(42)33-13-3-1-4-14-33/h1-29H. The first-order chi connectivity index (χ1) is 24.3. The van der Waals surface area contributed by atoms with E-state index in [0.717, 1.165) is 55.7 Å². The summed E-state index contributed by atoms with van der Waals surface area (Å²) in [4.78, 5) is 14.3. The molecule has 0 saturated carbocycles. The monoisotopic (exact) mass is 627 g/mol. The molecule has 4 nitrogen and oxygen atoms in total. The number of rotatable bonds is 4. The van der Waals surface area contributed by atoms with E-state index < -0.39 is 0 Å². The first-order valence-electron chi connectivity index (χ1n) is 16.6. The SMILES string of the molecule is O=c1c2ccccc2n2c3ccccc3c(-c3ccc(-c4ccc5c(c4)c4ccccc4n5-c4ccccc4)cc3)c2n1-c1ccccc1. The summed E-state index contributed by atoms with van der Waals surface area (Å²) in [6, 6.07) is 61.1. The van der Waals surface area contributed by atoms with Crippen molar-refractivity contribution in [2.24, 2.45) is 0 Å². The van der Waals surface area contributed by atoms with Crippen LogP contribution in [0.4, 0.5) is 0 Å². The van der Waals surface area contributed by atoms with Gasteiger partial charge in [-0.1, -0.05) is 115 Å². The summed E-state index contributed by atoms with van der Waals surface area (Å²) in [5, 5.41) is 4.25. The third kappa shape index (κ3) is 4.07. The molecule has 0 saturated heterocycles. The lowest BCUT2D eigenvalue weighted by atomic mass is 9.98. The Kier molecular flexibility index (Phi) is 5.99. The van der Waals surface area contributed by atoms with Crippen LogP contribution in [0.15, 0.2) is 181 Å². The zero-order valence-electron chi connectivity index (χ0n) is 26.5. The molecule has 0 aliphatic rings. The molecule has 4 heteroatoms. The summed E-state index contributed by atoms with van der Waals surface area (Å²) in [6.45, 7) is 0. The largest absolute Gasteiger partial charge is 0.309 e. The summed E-state index contributed by atoms with van der Waals surface area (Å²) in [7, 11) is 0. The average molecular weight is 628 g/mol. The van der Waals surface area contributed by atoms with Crippen LogP contribution in [0.5, 0.6) is 0 Å². The highest BCUT2D eigenvalue weighted by Crippen LogP contribution is 2.39. The second-order valence-electron chi connectivity index (χ2n) is 12.5. The van der Waals surface area contributed by atoms with E-state index in [9.17, 15) is 4.79 Å². The first-order valence-corrected chi connectivity index (χ1v) is 16.6. The van der Waals surface area contributed by atoms with Crippen molar-refractivity contribution < 1.29 is 0 Å². The van der Waals surface area contributed by atoms with E-state index in [0.29, 0.717) is 5.39 Å². The second-order valence-corrected chi connectivity index (χ2v) is 12.5. The maximum Gasteiger partial charge on any atom is 0.266 e. The fraction of sp³-hybridized carbons (Fsp3) is 0. The summed E-state index contributed by atoms with van der Waals surface area (Å²) in [5.41, 5.74) is 11.6. The molecule has 0 aliphatic heterocycles. The maximum atomic E-state index is 14.3. The fourth-order valence-corrected chi connectivity index (χ4v) is 7.69. The van der Waals surface area contributed by atoms with Crippen molar-refractivity contribution in [1.29, 1.82) is 0 Å². The van der Waals surface area contributed by atoms with Crippen molar-refractivity contribution in [3.63, 3.8) is 0 Å². The van der Waals surface area contributed by atoms with Gasteiger partial charge in [-0.3, -0.25) is 13.8 Å². The van der Waals surface area contributed by atoms with Crippen molar-refractivity contribution in [3.8, 4) is 33.6 Å². The Morgan fingerprint density at radius 2 is 0.837 bits per heavy atom. The van der Waals surface area contributed by atoms with E-state index >= 15 is 0 Å². The Hall–Kier alpha value is -6.65. The molecular formula is C45H29N3O. The molecule has 230 valence electrons. The molecule has 0 unspecified atom stereocenters. The van der Waals surface area contributed by atoms with E-state index in [1.807, 2.05) is 59.2 Å². The number of para-hydroxylation sites is 5. The molecule has 49 heavy (non-hydrogen) atoms. The van der Waals surface area contributed by atoms with Crippen LogP contribution >= 0.6 is 0 Å². The molecule has 0 radical (unpaired) electrons. The molecule has 10 aromatic rings. The number of hydrogen-bond donors (Lipinski definition) is 0. The van der Waals surface area contributed by atoms with Crippen LogP contribution in [0.2, 0.25) is 0 Å². The molecule has 3 aromatic heterocycles. The highest BCUT2D eigenvalue weighted by atomic mass is 16.1. The molecule has 3 heterocycles. The molecule has 0 spiro atoms. The summed E-state index contributed by atoms with van der Waals surface area (Å²) in [6.07, 6.45) is 0. The Bertz CT molecular complexity index is 2930. The molecule has 0 bridgehead atoms. The van der Waals surface area contributed by atoms with Crippen LogP contribution in [0.25, 0.3) is 82.9 Å². The van der Waals surface area contributed by atoms with Crippen LogP contribution in [-0.4, -0.2) is 13.5 Å². The van der Waals surface area contributed by atoms with Gasteiger partial charge in [-0.05, 0) is 77.4 Å². The first kappa shape index (κ1) is 27.5. The molecule has 0 atom stereocenters. The zero-order chi connectivity index (χ0) is 32.5. The van der Waals surface area contributed by atoms with E-state index in [1.165, 1.54) is 21.8 Å². The van der Waals surface area contributed by atoms with Gasteiger partial charge in [0.05, 0.1) is 33.1 Å². The fourth-order valence-electron chi connectivity index (χ4n) is 7.69. The molecule has 0 fully saturated rings. The lowest BCUT2D eigenvalue weighted by Gasteiger charge is -2.14. The van der Waals surface area contributed by atoms with Crippen LogP contribution in [0.3, 0.4) is 0 Å². The lowest BCUT2D eigenvalue weighted by molar-refractivity contribution is 1.01. The Morgan fingerprint density at radius 3 is 1.53 bits per heavy atom. The van der Waals surface area contributed by atoms with Crippen LogP contribution < -0.4 is 5.56 Å². The van der Waals surface area contributed by atoms with E-state index in [2.05, 4.69) is 130 Å². The van der Waals surface area contributed by atoms with Crippen LogP contribution in [0, 0.1) is 0 Å². The highest BCUT2D eigenvalue weighted by Gasteiger charge is 2.22. The van der Waals surface area contributed by atoms with Gasteiger partial charge in [-0.25, -0.2) is 0 Å². The van der Waals surface area contributed by atoms with Crippen molar-refractivity contribution >= 4 is 49.3 Å². The van der Waals surface area contributed by atoms with Gasteiger partial charge in [0.1, 0.15) is 5.65 Å². The molecule has 0 aliphatic carbocycles. The maximum absolute atomic E-state index is 14.3. The smallest absolute Gasteiger partial charge is 0.266 e. The molecule has 7 aromatic carbocycles. The second kappa shape index (κ2) is 10.7. The van der Waals surface area contributed by atoms with Gasteiger partial charge in [-0.15, -0.1) is 0 Å². The van der Waals surface area contributed by atoms with Gasteiger partial charge in [0.25, 0.3) is 5.56 Å². The normalized spacial score (nSPS) is 11.8. The van der Waals surface area contributed by atoms with Gasteiger partial charge in [0.2, 0.25) is 0 Å². The van der Waals surface area contributed by atoms with E-state index in [1.54, 1.807) is 0 Å². The minimum atomic E-state index is -0.0297. The predicted octanol–water partition coefficient (Wildman–Crippen LogP) is 10.8. The number of nitrogens with zero attached hydrogens (tertiary/aromatic N) is 3. The zero-order valence-corrected chi connectivity index (χ0v) is 26.5. The lowest BCUT2D eigenvalue weighted by Crippen LogP contribution is -2.21. The third-order valence-corrected chi connectivity index (χ3v) is 9.85.